The van der Waals surface area contributed by atoms with Crippen molar-refractivity contribution in [2.45, 2.75) is 6.54 Å². The molecule has 0 saturated carbocycles. The van der Waals surface area contributed by atoms with E-state index in [1.807, 2.05) is 18.2 Å². The molecule has 0 radical (unpaired) electrons. The maximum Gasteiger partial charge on any atom is 0.231 e. The van der Waals surface area contributed by atoms with E-state index in [2.05, 4.69) is 63.6 Å². The van der Waals surface area contributed by atoms with Crippen molar-refractivity contribution in [3.63, 3.8) is 0 Å². The van der Waals surface area contributed by atoms with Gasteiger partial charge in [-0.2, -0.15) is 0 Å². The normalized spacial score (nSPS) is 17.3. The van der Waals surface area contributed by atoms with Crippen LogP contribution in [0.4, 0.5) is 17.1 Å². The fourth-order valence-corrected chi connectivity index (χ4v) is 4.44. The molecule has 3 aliphatic rings. The standard InChI is InChI=1S/C25H24N4O2/c1-2-6-20-19(5-1)25(27-22-8-4-3-7-21(22)26-20)29-13-11-28(12-14-29)16-18-9-10-23-24(15-18)31-17-30-23/h1-10,15,26H,11-14,16-17H2. The number of hydrogen-bond donors (Lipinski definition) is 1. The van der Waals surface area contributed by atoms with Crippen LogP contribution in [-0.4, -0.2) is 48.6 Å². The number of hydrogen-bond acceptors (Lipinski definition) is 6. The van der Waals surface area contributed by atoms with E-state index in [1.54, 1.807) is 0 Å². The Morgan fingerprint density at radius 2 is 1.58 bits per heavy atom. The first-order chi connectivity index (χ1) is 15.3. The van der Waals surface area contributed by atoms with Crippen LogP contribution in [0.5, 0.6) is 11.5 Å². The van der Waals surface area contributed by atoms with Crippen LogP contribution in [-0.2, 0) is 6.54 Å². The zero-order valence-corrected chi connectivity index (χ0v) is 17.3. The topological polar surface area (TPSA) is 49.3 Å². The summed E-state index contributed by atoms with van der Waals surface area (Å²) in [5.74, 6) is 2.75. The van der Waals surface area contributed by atoms with Gasteiger partial charge in [0, 0.05) is 44.0 Å². The number of rotatable bonds is 2. The second-order valence-electron chi connectivity index (χ2n) is 8.07. The molecule has 0 spiro atoms. The van der Waals surface area contributed by atoms with Crippen LogP contribution in [0.1, 0.15) is 11.1 Å². The number of ether oxygens (including phenoxy) is 2. The lowest BCUT2D eigenvalue weighted by Gasteiger charge is -2.36. The number of aliphatic imine (C=N–C) groups is 1. The second-order valence-corrected chi connectivity index (χ2v) is 8.07. The van der Waals surface area contributed by atoms with E-state index >= 15 is 0 Å². The number of amidine groups is 1. The van der Waals surface area contributed by atoms with Crippen LogP contribution < -0.4 is 14.8 Å². The number of nitrogens with one attached hydrogen (secondary N) is 1. The van der Waals surface area contributed by atoms with Crippen molar-refractivity contribution in [3.05, 3.63) is 77.9 Å². The number of fused-ring (bicyclic) bond motifs is 3. The van der Waals surface area contributed by atoms with Gasteiger partial charge in [0.25, 0.3) is 0 Å². The molecule has 31 heavy (non-hydrogen) atoms. The van der Waals surface area contributed by atoms with Gasteiger partial charge in [0.05, 0.1) is 11.4 Å². The predicted octanol–water partition coefficient (Wildman–Crippen LogP) is 4.37. The molecule has 0 amide bonds. The minimum absolute atomic E-state index is 0.318. The minimum Gasteiger partial charge on any atom is -0.454 e. The molecular formula is C25H24N4O2. The molecule has 1 N–H and O–H groups in total. The summed E-state index contributed by atoms with van der Waals surface area (Å²) in [6.45, 7) is 5.10. The van der Waals surface area contributed by atoms with Crippen molar-refractivity contribution in [3.8, 4) is 11.5 Å². The van der Waals surface area contributed by atoms with Crippen molar-refractivity contribution >= 4 is 22.9 Å². The number of nitrogens with zero attached hydrogens (tertiary/aromatic N) is 3. The van der Waals surface area contributed by atoms with Gasteiger partial charge in [0.1, 0.15) is 5.84 Å². The Morgan fingerprint density at radius 3 is 2.48 bits per heavy atom. The minimum atomic E-state index is 0.318. The molecule has 0 atom stereocenters. The van der Waals surface area contributed by atoms with Crippen LogP contribution in [0.25, 0.3) is 0 Å². The Kier molecular flexibility index (Phi) is 4.50. The van der Waals surface area contributed by atoms with Crippen LogP contribution in [0, 0.1) is 0 Å². The van der Waals surface area contributed by atoms with E-state index in [4.69, 9.17) is 14.5 Å². The Morgan fingerprint density at radius 1 is 0.806 bits per heavy atom. The third-order valence-electron chi connectivity index (χ3n) is 6.08. The van der Waals surface area contributed by atoms with Crippen LogP contribution in [0.2, 0.25) is 0 Å². The van der Waals surface area contributed by atoms with Crippen molar-refractivity contribution in [1.29, 1.82) is 0 Å². The van der Waals surface area contributed by atoms with Gasteiger partial charge in [-0.15, -0.1) is 0 Å². The van der Waals surface area contributed by atoms with Gasteiger partial charge >= 0.3 is 0 Å². The Balaban J connectivity index is 1.21. The monoisotopic (exact) mass is 412 g/mol. The third kappa shape index (κ3) is 3.49. The molecule has 156 valence electrons. The summed E-state index contributed by atoms with van der Waals surface area (Å²) in [7, 11) is 0. The first kappa shape index (κ1) is 18.3. The number of benzene rings is 3. The molecule has 3 heterocycles. The highest BCUT2D eigenvalue weighted by molar-refractivity contribution is 6.07. The SMILES string of the molecule is c1ccc2c(c1)N=C(N1CCN(Cc3ccc4c(c3)OCO4)CC1)c1ccccc1N2. The van der Waals surface area contributed by atoms with E-state index in [9.17, 15) is 0 Å². The summed E-state index contributed by atoms with van der Waals surface area (Å²) in [6, 6.07) is 22.9. The average molecular weight is 412 g/mol. The Hall–Kier alpha value is -3.51. The Bertz CT molecular complexity index is 1150. The molecule has 3 aliphatic heterocycles. The number of piperazine rings is 1. The quantitative estimate of drug-likeness (QED) is 0.677. The first-order valence-electron chi connectivity index (χ1n) is 10.7. The molecule has 3 aromatic carbocycles. The van der Waals surface area contributed by atoms with Crippen LogP contribution in [0.3, 0.4) is 0 Å². The van der Waals surface area contributed by atoms with E-state index in [0.29, 0.717) is 6.79 Å². The molecule has 6 nitrogen and oxygen atoms in total. The molecule has 0 bridgehead atoms. The van der Waals surface area contributed by atoms with Crippen molar-refractivity contribution in [2.24, 2.45) is 4.99 Å². The molecule has 1 fully saturated rings. The molecule has 0 unspecified atom stereocenters. The summed E-state index contributed by atoms with van der Waals surface area (Å²) in [6.07, 6.45) is 0. The Labute approximate surface area is 181 Å². The maximum absolute atomic E-state index is 5.53. The summed E-state index contributed by atoms with van der Waals surface area (Å²) >= 11 is 0. The zero-order chi connectivity index (χ0) is 20.6. The summed E-state index contributed by atoms with van der Waals surface area (Å²) < 4.78 is 11.0. The van der Waals surface area contributed by atoms with Crippen molar-refractivity contribution < 1.29 is 9.47 Å². The third-order valence-corrected chi connectivity index (χ3v) is 6.08. The van der Waals surface area contributed by atoms with E-state index in [1.165, 1.54) is 5.56 Å². The van der Waals surface area contributed by atoms with Crippen molar-refractivity contribution in [2.75, 3.05) is 38.3 Å². The highest BCUT2D eigenvalue weighted by Gasteiger charge is 2.25. The fraction of sp³-hybridized carbons (Fsp3) is 0.240. The average Bonchev–Trinajstić information content (AvgIpc) is 3.20. The largest absolute Gasteiger partial charge is 0.454 e. The van der Waals surface area contributed by atoms with E-state index in [-0.39, 0.29) is 0 Å². The zero-order valence-electron chi connectivity index (χ0n) is 17.3. The first-order valence-corrected chi connectivity index (χ1v) is 10.7. The predicted molar refractivity (Wildman–Crippen MR) is 122 cm³/mol. The highest BCUT2D eigenvalue weighted by Crippen LogP contribution is 2.35. The van der Waals surface area contributed by atoms with Crippen molar-refractivity contribution in [1.82, 2.24) is 9.80 Å². The summed E-state index contributed by atoms with van der Waals surface area (Å²) in [5.41, 5.74) is 5.55. The van der Waals surface area contributed by atoms with Crippen LogP contribution >= 0.6 is 0 Å². The van der Waals surface area contributed by atoms with E-state index in [0.717, 1.165) is 72.7 Å². The summed E-state index contributed by atoms with van der Waals surface area (Å²) in [5, 5.41) is 3.56. The molecule has 1 saturated heterocycles. The molecular weight excluding hydrogens is 388 g/mol. The van der Waals surface area contributed by atoms with Gasteiger partial charge in [0.2, 0.25) is 6.79 Å². The van der Waals surface area contributed by atoms with Gasteiger partial charge in [-0.3, -0.25) is 4.90 Å². The smallest absolute Gasteiger partial charge is 0.231 e. The molecule has 6 heteroatoms. The fourth-order valence-electron chi connectivity index (χ4n) is 4.44. The molecule has 0 aromatic heterocycles. The van der Waals surface area contributed by atoms with E-state index < -0.39 is 0 Å². The highest BCUT2D eigenvalue weighted by atomic mass is 16.7. The lowest BCUT2D eigenvalue weighted by molar-refractivity contribution is 0.172. The number of anilines is 2. The van der Waals surface area contributed by atoms with Gasteiger partial charge in [-0.05, 0) is 42.0 Å². The number of para-hydroxylation sites is 3. The van der Waals surface area contributed by atoms with Gasteiger partial charge in [-0.1, -0.05) is 30.3 Å². The van der Waals surface area contributed by atoms with Crippen LogP contribution in [0.15, 0.2) is 71.7 Å². The second kappa shape index (κ2) is 7.63. The molecule has 0 aliphatic carbocycles. The lowest BCUT2D eigenvalue weighted by atomic mass is 10.1. The maximum atomic E-state index is 5.53. The molecule has 6 rings (SSSR count). The van der Waals surface area contributed by atoms with Gasteiger partial charge in [0.15, 0.2) is 11.5 Å². The lowest BCUT2D eigenvalue weighted by Crippen LogP contribution is -2.48. The van der Waals surface area contributed by atoms with Gasteiger partial charge in [-0.25, -0.2) is 4.99 Å². The molecule has 3 aromatic rings. The van der Waals surface area contributed by atoms with Gasteiger partial charge < -0.3 is 19.7 Å². The summed E-state index contributed by atoms with van der Waals surface area (Å²) in [4.78, 5) is 9.99.